The maximum atomic E-state index is 5.94. The molecule has 0 spiro atoms. The molecule has 0 N–H and O–H groups in total. The summed E-state index contributed by atoms with van der Waals surface area (Å²) in [6, 6.07) is 54.8. The van der Waals surface area contributed by atoms with Gasteiger partial charge in [0.2, 0.25) is 0 Å². The van der Waals surface area contributed by atoms with Crippen LogP contribution in [0.3, 0.4) is 0 Å². The van der Waals surface area contributed by atoms with E-state index in [0.717, 1.165) is 179 Å². The molecule has 1 aliphatic rings. The molecule has 0 saturated carbocycles. The molecule has 0 atom stereocenters. The van der Waals surface area contributed by atoms with Crippen LogP contribution in [0.1, 0.15) is 20.3 Å². The first-order chi connectivity index (χ1) is 46.7. The van der Waals surface area contributed by atoms with Gasteiger partial charge in [0.05, 0.1) is 61.1 Å². The van der Waals surface area contributed by atoms with E-state index in [-0.39, 0.29) is 6.10 Å². The Morgan fingerprint density at radius 1 is 0.411 bits per heavy atom. The van der Waals surface area contributed by atoms with E-state index in [1.54, 1.807) is 0 Å². The van der Waals surface area contributed by atoms with E-state index in [1.165, 1.54) is 0 Å². The number of hydrogen-bond donors (Lipinski definition) is 0. The van der Waals surface area contributed by atoms with Crippen LogP contribution in [0, 0.1) is 0 Å². The highest BCUT2D eigenvalue weighted by atomic mass is 16.5. The van der Waals surface area contributed by atoms with Gasteiger partial charge in [-0.25, -0.2) is 28.5 Å². The monoisotopic (exact) mass is 1250 g/mol. The predicted molar refractivity (Wildman–Crippen MR) is 375 cm³/mol. The molecular weight excluding hydrogens is 1180 g/mol. The molecule has 16 rings (SSSR count). The van der Waals surface area contributed by atoms with Crippen LogP contribution in [0.25, 0.3) is 116 Å². The molecule has 1 fully saturated rings. The Balaban J connectivity index is 0.000000123. The number of fused-ring (bicyclic) bond motifs is 6. The van der Waals surface area contributed by atoms with Crippen molar-refractivity contribution >= 4 is 49.7 Å². The fourth-order valence-electron chi connectivity index (χ4n) is 11.8. The second-order valence-electron chi connectivity index (χ2n) is 23.7. The van der Waals surface area contributed by atoms with Gasteiger partial charge in [-0.05, 0) is 141 Å². The highest BCUT2D eigenvalue weighted by Crippen LogP contribution is 2.35. The maximum Gasteiger partial charge on any atom is 0.162 e. The minimum atomic E-state index is 0.158. The number of pyridine rings is 3. The molecule has 1 saturated heterocycles. The van der Waals surface area contributed by atoms with Crippen LogP contribution in [0.2, 0.25) is 0 Å². The maximum absolute atomic E-state index is 5.94. The summed E-state index contributed by atoms with van der Waals surface area (Å²) in [6.07, 6.45) is 24.0. The largest absolute Gasteiger partial charge is 0.494 e. The fraction of sp³-hybridized carbons (Fsp3) is 0.182. The van der Waals surface area contributed by atoms with Crippen LogP contribution in [-0.2, 0) is 4.74 Å². The van der Waals surface area contributed by atoms with E-state index in [4.69, 9.17) is 33.9 Å². The van der Waals surface area contributed by atoms with Crippen molar-refractivity contribution in [3.63, 3.8) is 0 Å². The summed E-state index contributed by atoms with van der Waals surface area (Å²) in [5.74, 6) is 2.62. The van der Waals surface area contributed by atoms with E-state index < -0.39 is 0 Å². The standard InChI is InChI=1S/C27H25N5O2.C26H25N5O.C24H20N4O/c1-2-4-26-24(3-1)23(9-10-28-26)25-18-30-32-19-21(17-29-27(25)32)20-5-7-22(8-6-20)34-16-13-31-11-14-33-15-12-31;1-30(2)14-5-15-32-21-10-8-19(9-11-21)20-16-28-26-24(17-29-31(26)18-20)22-12-13-27-25-7-4-3-6-23(22)25;1-16(2)29-19-9-7-17(8-10-19)18-13-26-24-22(14-27-28(24)15-18)20-11-12-25-23-6-4-3-5-21(20)23/h1-10,17-19H,11-16H2;3-4,6-13,16-18H,5,14-15H2,1-2H3;3-16H,1-2H3. The topological polar surface area (TPSA) is 173 Å². The molecule has 15 aromatic rings. The third kappa shape index (κ3) is 13.9. The summed E-state index contributed by atoms with van der Waals surface area (Å²) in [5, 5.41) is 17.0. The Labute approximate surface area is 549 Å². The Morgan fingerprint density at radius 3 is 1.18 bits per heavy atom. The van der Waals surface area contributed by atoms with Gasteiger partial charge in [-0.2, -0.15) is 15.3 Å². The Morgan fingerprint density at radius 2 is 0.789 bits per heavy atom. The molecule has 0 bridgehead atoms. The minimum Gasteiger partial charge on any atom is -0.494 e. The molecule has 0 radical (unpaired) electrons. The van der Waals surface area contributed by atoms with E-state index in [0.29, 0.717) is 13.2 Å². The quantitative estimate of drug-likeness (QED) is 0.0788. The molecule has 472 valence electrons. The first-order valence-corrected chi connectivity index (χ1v) is 31.9. The SMILES string of the molecule is CC(C)Oc1ccc(-c2cnc3c(-c4ccnc5ccccc45)cnn3c2)cc1.CN(C)CCCOc1ccc(-c2cnc3c(-c4ccnc5ccccc45)cnn3c2)cc1.c1ccc2c(-c3cnn4cc(-c5ccc(OCCN6CCOCC6)cc5)cnc34)ccnc2c1. The van der Waals surface area contributed by atoms with Crippen LogP contribution < -0.4 is 14.2 Å². The number of rotatable bonds is 17. The lowest BCUT2D eigenvalue weighted by molar-refractivity contribution is 0.0322. The van der Waals surface area contributed by atoms with Gasteiger partial charge in [0.25, 0.3) is 0 Å². The molecule has 95 heavy (non-hydrogen) atoms. The van der Waals surface area contributed by atoms with Crippen molar-refractivity contribution in [1.29, 1.82) is 0 Å². The van der Waals surface area contributed by atoms with Crippen LogP contribution >= 0.6 is 0 Å². The summed E-state index contributed by atoms with van der Waals surface area (Å²) < 4.78 is 28.4. The molecule has 0 aliphatic carbocycles. The average molecular weight is 1260 g/mol. The third-order valence-corrected chi connectivity index (χ3v) is 16.6. The van der Waals surface area contributed by atoms with Gasteiger partial charge in [-0.1, -0.05) is 91.0 Å². The summed E-state index contributed by atoms with van der Waals surface area (Å²) in [4.78, 5) is 32.1. The number of nitrogens with zero attached hydrogens (tertiary/aromatic N) is 14. The molecular formula is C77H70N14O4. The highest BCUT2D eigenvalue weighted by molar-refractivity contribution is 6.00. The molecule has 18 nitrogen and oxygen atoms in total. The lowest BCUT2D eigenvalue weighted by Gasteiger charge is -2.26. The van der Waals surface area contributed by atoms with Gasteiger partial charge in [0.1, 0.15) is 23.9 Å². The zero-order chi connectivity index (χ0) is 64.5. The average Bonchev–Trinajstić information content (AvgIpc) is 1.77. The van der Waals surface area contributed by atoms with Gasteiger partial charge in [0.15, 0.2) is 16.9 Å². The summed E-state index contributed by atoms with van der Waals surface area (Å²) in [7, 11) is 4.14. The normalized spacial score (nSPS) is 12.6. The fourth-order valence-corrected chi connectivity index (χ4v) is 11.8. The predicted octanol–water partition coefficient (Wildman–Crippen LogP) is 14.7. The first-order valence-electron chi connectivity index (χ1n) is 31.9. The zero-order valence-corrected chi connectivity index (χ0v) is 53.4. The number of morpholine rings is 1. The van der Waals surface area contributed by atoms with Crippen LogP contribution in [-0.4, -0.2) is 141 Å². The molecule has 0 amide bonds. The Kier molecular flexibility index (Phi) is 18.2. The number of ether oxygens (including phenoxy) is 4. The number of benzene rings is 6. The van der Waals surface area contributed by atoms with Crippen molar-refractivity contribution in [2.24, 2.45) is 0 Å². The zero-order valence-electron chi connectivity index (χ0n) is 53.4. The highest BCUT2D eigenvalue weighted by Gasteiger charge is 2.17. The van der Waals surface area contributed by atoms with Gasteiger partial charge < -0.3 is 23.8 Å². The van der Waals surface area contributed by atoms with E-state index in [1.807, 2.05) is 223 Å². The third-order valence-electron chi connectivity index (χ3n) is 16.6. The van der Waals surface area contributed by atoms with Gasteiger partial charge in [-0.3, -0.25) is 19.9 Å². The number of hydrogen-bond acceptors (Lipinski definition) is 15. The molecule has 9 aromatic heterocycles. The smallest absolute Gasteiger partial charge is 0.162 e. The molecule has 1 aliphatic heterocycles. The summed E-state index contributed by atoms with van der Waals surface area (Å²) in [6.45, 7) is 10.9. The lowest BCUT2D eigenvalue weighted by Crippen LogP contribution is -2.38. The molecule has 6 aromatic carbocycles. The van der Waals surface area contributed by atoms with Crippen molar-refractivity contribution in [1.82, 2.24) is 68.5 Å². The van der Waals surface area contributed by atoms with Gasteiger partial charge in [0, 0.05) is 131 Å². The Bertz CT molecular complexity index is 5090. The van der Waals surface area contributed by atoms with Crippen molar-refractivity contribution < 1.29 is 18.9 Å². The van der Waals surface area contributed by atoms with Crippen molar-refractivity contribution in [3.05, 3.63) is 238 Å². The van der Waals surface area contributed by atoms with Gasteiger partial charge in [-0.15, -0.1) is 0 Å². The van der Waals surface area contributed by atoms with E-state index >= 15 is 0 Å². The van der Waals surface area contributed by atoms with Gasteiger partial charge >= 0.3 is 0 Å². The molecule has 0 unspecified atom stereocenters. The summed E-state index contributed by atoms with van der Waals surface area (Å²) >= 11 is 0. The number of aromatic nitrogens is 12. The first kappa shape index (κ1) is 61.2. The van der Waals surface area contributed by atoms with Crippen LogP contribution in [0.5, 0.6) is 17.2 Å². The lowest BCUT2D eigenvalue weighted by atomic mass is 10.0. The second kappa shape index (κ2) is 28.3. The number of para-hydroxylation sites is 3. The molecule has 10 heterocycles. The van der Waals surface area contributed by atoms with E-state index in [9.17, 15) is 0 Å². The summed E-state index contributed by atoms with van der Waals surface area (Å²) in [5.41, 5.74) is 17.8. The van der Waals surface area contributed by atoms with Crippen LogP contribution in [0.4, 0.5) is 0 Å². The van der Waals surface area contributed by atoms with E-state index in [2.05, 4.69) is 96.6 Å². The van der Waals surface area contributed by atoms with Crippen molar-refractivity contribution in [2.45, 2.75) is 26.4 Å². The van der Waals surface area contributed by atoms with Crippen LogP contribution in [0.15, 0.2) is 238 Å². The Hall–Kier alpha value is -11.3. The molecule has 18 heteroatoms. The van der Waals surface area contributed by atoms with Crippen molar-refractivity contribution in [3.8, 4) is 84.0 Å². The van der Waals surface area contributed by atoms with Crippen molar-refractivity contribution in [2.75, 3.05) is 66.7 Å². The second-order valence-corrected chi connectivity index (χ2v) is 23.7. The minimum absolute atomic E-state index is 0.158.